The monoisotopic (exact) mass is 223 g/mol. The Morgan fingerprint density at radius 3 is 2.75 bits per heavy atom. The van der Waals surface area contributed by atoms with Crippen LogP contribution in [0, 0.1) is 0 Å². The Hall–Kier alpha value is -2.11. The van der Waals surface area contributed by atoms with E-state index in [1.165, 1.54) is 11.2 Å². The second kappa shape index (κ2) is 4.61. The zero-order chi connectivity index (χ0) is 12.3. The maximum Gasteiger partial charge on any atom is 0.354 e. The molecule has 0 radical (unpaired) electrons. The molecule has 0 saturated carbocycles. The summed E-state index contributed by atoms with van der Waals surface area (Å²) < 4.78 is 0. The van der Waals surface area contributed by atoms with E-state index in [-0.39, 0.29) is 11.4 Å². The number of carbonyl (C=O) groups excluding carboxylic acids is 1. The van der Waals surface area contributed by atoms with Crippen LogP contribution >= 0.6 is 0 Å². The van der Waals surface area contributed by atoms with E-state index in [4.69, 9.17) is 5.11 Å². The van der Waals surface area contributed by atoms with E-state index in [0.717, 1.165) is 5.57 Å². The number of carboxylic acids is 1. The van der Waals surface area contributed by atoms with Gasteiger partial charge in [0, 0.05) is 13.6 Å². The fraction of sp³-hybridized carbons (Fsp3) is 0.300. The molecule has 0 aliphatic carbocycles. The van der Waals surface area contributed by atoms with Crippen molar-refractivity contribution in [3.05, 3.63) is 29.9 Å². The molecule has 0 aromatic carbocycles. The van der Waals surface area contributed by atoms with Gasteiger partial charge in [0.25, 0.3) is 5.91 Å². The Morgan fingerprint density at radius 2 is 2.25 bits per heavy atom. The van der Waals surface area contributed by atoms with Gasteiger partial charge in [-0.05, 0) is 6.92 Å². The van der Waals surface area contributed by atoms with Gasteiger partial charge in [-0.2, -0.15) is 0 Å². The van der Waals surface area contributed by atoms with Gasteiger partial charge >= 0.3 is 5.97 Å². The van der Waals surface area contributed by atoms with E-state index in [2.05, 4.69) is 16.5 Å². The summed E-state index contributed by atoms with van der Waals surface area (Å²) in [6.07, 6.45) is 1.19. The van der Waals surface area contributed by atoms with Crippen molar-refractivity contribution in [3.8, 4) is 0 Å². The summed E-state index contributed by atoms with van der Waals surface area (Å²) in [4.78, 5) is 30.1. The predicted molar refractivity (Wildman–Crippen MR) is 57.3 cm³/mol. The van der Waals surface area contributed by atoms with Gasteiger partial charge < -0.3 is 15.0 Å². The van der Waals surface area contributed by atoms with Crippen LogP contribution in [0.5, 0.6) is 0 Å². The molecular weight excluding hydrogens is 210 g/mol. The lowest BCUT2D eigenvalue weighted by molar-refractivity contribution is 0.0677. The van der Waals surface area contributed by atoms with E-state index in [1.54, 1.807) is 14.0 Å². The van der Waals surface area contributed by atoms with Crippen molar-refractivity contribution in [1.82, 2.24) is 14.9 Å². The third-order valence-corrected chi connectivity index (χ3v) is 1.91. The molecule has 2 N–H and O–H groups in total. The van der Waals surface area contributed by atoms with Gasteiger partial charge in [0.2, 0.25) is 0 Å². The number of aromatic amines is 1. The lowest BCUT2D eigenvalue weighted by Gasteiger charge is -2.15. The van der Waals surface area contributed by atoms with E-state index in [9.17, 15) is 9.59 Å². The number of carbonyl (C=O) groups is 2. The Kier molecular flexibility index (Phi) is 3.44. The number of imidazole rings is 1. The molecule has 0 unspecified atom stereocenters. The summed E-state index contributed by atoms with van der Waals surface area (Å²) in [5.41, 5.74) is 0.526. The molecule has 1 amide bonds. The molecule has 6 heteroatoms. The molecule has 0 aliphatic rings. The standard InChI is InChI=1S/C10H13N3O3/c1-6(2)4-13(3)9(14)7-8(10(15)16)12-5-11-7/h5H,1,4H2,2-3H3,(H,11,12)(H,15,16). The quantitative estimate of drug-likeness (QED) is 0.737. The molecule has 1 aromatic heterocycles. The first kappa shape index (κ1) is 12.0. The minimum atomic E-state index is -1.20. The molecule has 0 atom stereocenters. The highest BCUT2D eigenvalue weighted by Crippen LogP contribution is 2.07. The maximum absolute atomic E-state index is 11.8. The largest absolute Gasteiger partial charge is 0.477 e. The number of aromatic carboxylic acids is 1. The molecule has 0 aliphatic heterocycles. The fourth-order valence-corrected chi connectivity index (χ4v) is 1.28. The number of carboxylic acid groups (broad SMARTS) is 1. The molecular formula is C10H13N3O3. The third kappa shape index (κ3) is 2.47. The average Bonchev–Trinajstić information content (AvgIpc) is 2.63. The van der Waals surface area contributed by atoms with Crippen molar-refractivity contribution < 1.29 is 14.7 Å². The average molecular weight is 223 g/mol. The first-order chi connectivity index (χ1) is 7.43. The molecule has 0 bridgehead atoms. The maximum atomic E-state index is 11.8. The first-order valence-electron chi connectivity index (χ1n) is 4.60. The van der Waals surface area contributed by atoms with Gasteiger partial charge in [0.05, 0.1) is 6.33 Å². The molecule has 0 spiro atoms. The van der Waals surface area contributed by atoms with Crippen LogP contribution in [0.1, 0.15) is 27.9 Å². The van der Waals surface area contributed by atoms with Crippen LogP contribution in [0.15, 0.2) is 18.5 Å². The van der Waals surface area contributed by atoms with Gasteiger partial charge in [-0.1, -0.05) is 12.2 Å². The summed E-state index contributed by atoms with van der Waals surface area (Å²) in [7, 11) is 1.57. The number of H-pyrrole nitrogens is 1. The molecule has 16 heavy (non-hydrogen) atoms. The lowest BCUT2D eigenvalue weighted by atomic mass is 10.2. The molecule has 0 fully saturated rings. The van der Waals surface area contributed by atoms with Gasteiger partial charge in [-0.3, -0.25) is 4.79 Å². The highest BCUT2D eigenvalue weighted by molar-refractivity contribution is 6.02. The Bertz CT molecular complexity index is 436. The van der Waals surface area contributed by atoms with Crippen LogP contribution in [-0.4, -0.2) is 45.4 Å². The third-order valence-electron chi connectivity index (χ3n) is 1.91. The van der Waals surface area contributed by atoms with Crippen molar-refractivity contribution in [2.45, 2.75) is 6.92 Å². The highest BCUT2D eigenvalue weighted by atomic mass is 16.4. The molecule has 0 saturated heterocycles. The number of rotatable bonds is 4. The minimum absolute atomic E-state index is 0.0868. The van der Waals surface area contributed by atoms with Crippen molar-refractivity contribution in [3.63, 3.8) is 0 Å². The number of hydrogen-bond donors (Lipinski definition) is 2. The van der Waals surface area contributed by atoms with Crippen LogP contribution in [-0.2, 0) is 0 Å². The highest BCUT2D eigenvalue weighted by Gasteiger charge is 2.22. The van der Waals surface area contributed by atoms with E-state index in [1.807, 2.05) is 0 Å². The minimum Gasteiger partial charge on any atom is -0.477 e. The number of nitrogens with one attached hydrogen (secondary N) is 1. The second-order valence-corrected chi connectivity index (χ2v) is 3.55. The predicted octanol–water partition coefficient (Wildman–Crippen LogP) is 0.756. The van der Waals surface area contributed by atoms with Crippen LogP contribution in [0.25, 0.3) is 0 Å². The van der Waals surface area contributed by atoms with Crippen molar-refractivity contribution in [2.75, 3.05) is 13.6 Å². The van der Waals surface area contributed by atoms with Crippen molar-refractivity contribution >= 4 is 11.9 Å². The van der Waals surface area contributed by atoms with Gasteiger partial charge in [-0.25, -0.2) is 9.78 Å². The summed E-state index contributed by atoms with van der Waals surface area (Å²) in [6, 6.07) is 0. The van der Waals surface area contributed by atoms with Gasteiger partial charge in [0.15, 0.2) is 11.4 Å². The SMILES string of the molecule is C=C(C)CN(C)C(=O)c1nc[nH]c1C(=O)O. The zero-order valence-corrected chi connectivity index (χ0v) is 9.15. The summed E-state index contributed by atoms with van der Waals surface area (Å²) >= 11 is 0. The number of aromatic nitrogens is 2. The Balaban J connectivity index is 2.92. The van der Waals surface area contributed by atoms with E-state index >= 15 is 0 Å². The first-order valence-corrected chi connectivity index (χ1v) is 4.60. The summed E-state index contributed by atoms with van der Waals surface area (Å²) in [6.45, 7) is 5.83. The smallest absolute Gasteiger partial charge is 0.354 e. The molecule has 6 nitrogen and oxygen atoms in total. The lowest BCUT2D eigenvalue weighted by Crippen LogP contribution is -2.29. The van der Waals surface area contributed by atoms with Gasteiger partial charge in [0.1, 0.15) is 0 Å². The van der Waals surface area contributed by atoms with Gasteiger partial charge in [-0.15, -0.1) is 0 Å². The van der Waals surface area contributed by atoms with Crippen molar-refractivity contribution in [1.29, 1.82) is 0 Å². The number of likely N-dealkylation sites (N-methyl/N-ethyl adjacent to an activating group) is 1. The summed E-state index contributed by atoms with van der Waals surface area (Å²) in [5.74, 6) is -1.65. The van der Waals surface area contributed by atoms with Crippen LogP contribution < -0.4 is 0 Å². The molecule has 86 valence electrons. The zero-order valence-electron chi connectivity index (χ0n) is 9.15. The normalized spacial score (nSPS) is 9.88. The number of amides is 1. The summed E-state index contributed by atoms with van der Waals surface area (Å²) in [5, 5.41) is 8.81. The fourth-order valence-electron chi connectivity index (χ4n) is 1.28. The van der Waals surface area contributed by atoms with Crippen molar-refractivity contribution in [2.24, 2.45) is 0 Å². The second-order valence-electron chi connectivity index (χ2n) is 3.55. The molecule has 1 rings (SSSR count). The van der Waals surface area contributed by atoms with Crippen LogP contribution in [0.2, 0.25) is 0 Å². The number of hydrogen-bond acceptors (Lipinski definition) is 3. The molecule has 1 aromatic rings. The number of nitrogens with zero attached hydrogens (tertiary/aromatic N) is 2. The van der Waals surface area contributed by atoms with Crippen LogP contribution in [0.4, 0.5) is 0 Å². The Morgan fingerprint density at radius 1 is 1.62 bits per heavy atom. The van der Waals surface area contributed by atoms with E-state index < -0.39 is 11.9 Å². The Labute approximate surface area is 92.6 Å². The van der Waals surface area contributed by atoms with E-state index in [0.29, 0.717) is 6.54 Å². The topological polar surface area (TPSA) is 86.3 Å². The van der Waals surface area contributed by atoms with Crippen LogP contribution in [0.3, 0.4) is 0 Å². The molecule has 1 heterocycles.